The van der Waals surface area contributed by atoms with Crippen LogP contribution in [0.15, 0.2) is 60.7 Å². The molecule has 0 aliphatic heterocycles. The molecule has 0 saturated carbocycles. The van der Waals surface area contributed by atoms with Gasteiger partial charge in [0.05, 0.1) is 7.11 Å². The monoisotopic (exact) mass is 310 g/mol. The molecule has 0 spiro atoms. The molecule has 3 aromatic rings. The average molecular weight is 310 g/mol. The van der Waals surface area contributed by atoms with Crippen LogP contribution in [-0.4, -0.2) is 7.11 Å². The van der Waals surface area contributed by atoms with Crippen LogP contribution in [0.2, 0.25) is 0 Å². The van der Waals surface area contributed by atoms with E-state index in [1.54, 1.807) is 42.5 Å². The normalized spacial score (nSPS) is 10.6. The summed E-state index contributed by atoms with van der Waals surface area (Å²) in [6.45, 7) is 1.88. The van der Waals surface area contributed by atoms with Crippen LogP contribution in [0.4, 0.5) is 8.78 Å². The van der Waals surface area contributed by atoms with Gasteiger partial charge in [-0.1, -0.05) is 48.5 Å². The van der Waals surface area contributed by atoms with E-state index in [1.807, 2.05) is 13.0 Å². The molecule has 23 heavy (non-hydrogen) atoms. The van der Waals surface area contributed by atoms with Crippen molar-refractivity contribution >= 4 is 0 Å². The van der Waals surface area contributed by atoms with Crippen LogP contribution in [0.5, 0.6) is 5.75 Å². The summed E-state index contributed by atoms with van der Waals surface area (Å²) >= 11 is 0. The number of hydrogen-bond acceptors (Lipinski definition) is 1. The first kappa shape index (κ1) is 15.2. The highest BCUT2D eigenvalue weighted by atomic mass is 19.1. The van der Waals surface area contributed by atoms with E-state index in [2.05, 4.69) is 0 Å². The molecule has 3 rings (SSSR count). The quantitative estimate of drug-likeness (QED) is 0.610. The summed E-state index contributed by atoms with van der Waals surface area (Å²) in [7, 11) is 1.52. The average Bonchev–Trinajstić information content (AvgIpc) is 2.56. The van der Waals surface area contributed by atoms with Crippen LogP contribution in [-0.2, 0) is 0 Å². The molecular formula is C20H16F2O. The molecule has 3 aromatic carbocycles. The third kappa shape index (κ3) is 2.70. The van der Waals surface area contributed by atoms with Crippen molar-refractivity contribution in [1.82, 2.24) is 0 Å². The Kier molecular flexibility index (Phi) is 4.11. The molecule has 0 aliphatic carbocycles. The summed E-state index contributed by atoms with van der Waals surface area (Å²) < 4.78 is 34.0. The first-order chi connectivity index (χ1) is 11.1. The zero-order chi connectivity index (χ0) is 16.4. The molecule has 116 valence electrons. The predicted octanol–water partition coefficient (Wildman–Crippen LogP) is 5.62. The number of aryl methyl sites for hydroxylation is 1. The molecule has 0 amide bonds. The minimum Gasteiger partial charge on any atom is -0.495 e. The third-order valence-corrected chi connectivity index (χ3v) is 3.88. The van der Waals surface area contributed by atoms with E-state index in [-0.39, 0.29) is 11.6 Å². The Morgan fingerprint density at radius 2 is 1.26 bits per heavy atom. The van der Waals surface area contributed by atoms with Crippen LogP contribution in [0.1, 0.15) is 5.56 Å². The molecule has 0 N–H and O–H groups in total. The van der Waals surface area contributed by atoms with Gasteiger partial charge in [0.15, 0.2) is 0 Å². The van der Waals surface area contributed by atoms with Gasteiger partial charge < -0.3 is 4.74 Å². The SMILES string of the molecule is COc1c(-c2ccccc2F)ccc(C)c1-c1ccccc1F. The Morgan fingerprint density at radius 1 is 0.696 bits per heavy atom. The summed E-state index contributed by atoms with van der Waals surface area (Å²) in [6, 6.07) is 16.7. The van der Waals surface area contributed by atoms with E-state index in [4.69, 9.17) is 4.74 Å². The topological polar surface area (TPSA) is 9.23 Å². The second-order valence-electron chi connectivity index (χ2n) is 5.30. The van der Waals surface area contributed by atoms with E-state index in [0.29, 0.717) is 28.0 Å². The number of ether oxygens (including phenoxy) is 1. The summed E-state index contributed by atoms with van der Waals surface area (Å²) in [5, 5.41) is 0. The van der Waals surface area contributed by atoms with E-state index in [9.17, 15) is 8.78 Å². The molecule has 0 radical (unpaired) electrons. The second-order valence-corrected chi connectivity index (χ2v) is 5.30. The fourth-order valence-corrected chi connectivity index (χ4v) is 2.78. The minimum absolute atomic E-state index is 0.334. The summed E-state index contributed by atoms with van der Waals surface area (Å²) in [6.07, 6.45) is 0. The maximum atomic E-state index is 14.3. The molecule has 0 aromatic heterocycles. The van der Waals surface area contributed by atoms with Crippen molar-refractivity contribution in [2.24, 2.45) is 0 Å². The molecule has 3 heteroatoms. The van der Waals surface area contributed by atoms with Crippen molar-refractivity contribution < 1.29 is 13.5 Å². The van der Waals surface area contributed by atoms with Crippen molar-refractivity contribution in [3.63, 3.8) is 0 Å². The number of rotatable bonds is 3. The van der Waals surface area contributed by atoms with Gasteiger partial charge >= 0.3 is 0 Å². The zero-order valence-electron chi connectivity index (χ0n) is 12.9. The number of hydrogen-bond donors (Lipinski definition) is 0. The van der Waals surface area contributed by atoms with Gasteiger partial charge in [0.1, 0.15) is 17.4 Å². The van der Waals surface area contributed by atoms with Crippen LogP contribution in [0, 0.1) is 18.6 Å². The standard InChI is InChI=1S/C20H16F2O/c1-13-11-12-15(14-7-3-5-9-17(14)21)20(23-2)19(13)16-8-4-6-10-18(16)22/h3-12H,1-2H3. The van der Waals surface area contributed by atoms with E-state index in [0.717, 1.165) is 5.56 Å². The third-order valence-electron chi connectivity index (χ3n) is 3.88. The highest BCUT2D eigenvalue weighted by Gasteiger charge is 2.19. The van der Waals surface area contributed by atoms with Gasteiger partial charge in [0, 0.05) is 22.3 Å². The van der Waals surface area contributed by atoms with E-state index < -0.39 is 0 Å². The van der Waals surface area contributed by atoms with Gasteiger partial charge in [-0.15, -0.1) is 0 Å². The van der Waals surface area contributed by atoms with Crippen LogP contribution in [0.25, 0.3) is 22.3 Å². The molecular weight excluding hydrogens is 294 g/mol. The van der Waals surface area contributed by atoms with Gasteiger partial charge in [0.2, 0.25) is 0 Å². The molecule has 0 heterocycles. The fraction of sp³-hybridized carbons (Fsp3) is 0.100. The van der Waals surface area contributed by atoms with E-state index in [1.165, 1.54) is 19.2 Å². The maximum absolute atomic E-state index is 14.3. The van der Waals surface area contributed by atoms with E-state index >= 15 is 0 Å². The van der Waals surface area contributed by atoms with Crippen molar-refractivity contribution in [2.75, 3.05) is 7.11 Å². The Bertz CT molecular complexity index is 856. The molecule has 0 aliphatic rings. The fourth-order valence-electron chi connectivity index (χ4n) is 2.78. The first-order valence-corrected chi connectivity index (χ1v) is 7.31. The molecule has 0 unspecified atom stereocenters. The van der Waals surface area contributed by atoms with Crippen molar-refractivity contribution in [1.29, 1.82) is 0 Å². The lowest BCUT2D eigenvalue weighted by atomic mass is 9.93. The second kappa shape index (κ2) is 6.21. The van der Waals surface area contributed by atoms with Gasteiger partial charge in [-0.05, 0) is 24.6 Å². The zero-order valence-corrected chi connectivity index (χ0v) is 12.9. The van der Waals surface area contributed by atoms with Gasteiger partial charge in [-0.25, -0.2) is 8.78 Å². The first-order valence-electron chi connectivity index (χ1n) is 7.31. The largest absolute Gasteiger partial charge is 0.495 e. The minimum atomic E-state index is -0.339. The summed E-state index contributed by atoms with van der Waals surface area (Å²) in [4.78, 5) is 0. The summed E-state index contributed by atoms with van der Waals surface area (Å²) in [5.41, 5.74) is 3.00. The Morgan fingerprint density at radius 3 is 1.83 bits per heavy atom. The van der Waals surface area contributed by atoms with Crippen LogP contribution < -0.4 is 4.74 Å². The molecule has 0 fully saturated rings. The maximum Gasteiger partial charge on any atom is 0.134 e. The molecule has 0 atom stereocenters. The number of benzene rings is 3. The Balaban J connectivity index is 2.32. The van der Waals surface area contributed by atoms with Crippen molar-refractivity contribution in [2.45, 2.75) is 6.92 Å². The predicted molar refractivity (Wildman–Crippen MR) is 88.5 cm³/mol. The van der Waals surface area contributed by atoms with Gasteiger partial charge in [0.25, 0.3) is 0 Å². The molecule has 0 saturated heterocycles. The molecule has 0 bridgehead atoms. The van der Waals surface area contributed by atoms with Crippen molar-refractivity contribution in [3.8, 4) is 28.0 Å². The number of methoxy groups -OCH3 is 1. The molecule has 1 nitrogen and oxygen atoms in total. The Labute approximate surface area is 134 Å². The highest BCUT2D eigenvalue weighted by Crippen LogP contribution is 2.42. The van der Waals surface area contributed by atoms with Crippen LogP contribution in [0.3, 0.4) is 0 Å². The Hall–Kier alpha value is -2.68. The van der Waals surface area contributed by atoms with Crippen molar-refractivity contribution in [3.05, 3.63) is 77.9 Å². The lowest BCUT2D eigenvalue weighted by molar-refractivity contribution is 0.417. The summed E-state index contributed by atoms with van der Waals surface area (Å²) in [5.74, 6) is -0.200. The lowest BCUT2D eigenvalue weighted by Gasteiger charge is -2.17. The lowest BCUT2D eigenvalue weighted by Crippen LogP contribution is -1.97. The van der Waals surface area contributed by atoms with Gasteiger partial charge in [-0.3, -0.25) is 0 Å². The smallest absolute Gasteiger partial charge is 0.134 e. The van der Waals surface area contributed by atoms with Gasteiger partial charge in [-0.2, -0.15) is 0 Å². The highest BCUT2D eigenvalue weighted by molar-refractivity contribution is 5.84. The number of halogens is 2. The van der Waals surface area contributed by atoms with Crippen LogP contribution >= 0.6 is 0 Å².